The third-order valence-electron chi connectivity index (χ3n) is 4.78. The van der Waals surface area contributed by atoms with Gasteiger partial charge in [0.05, 0.1) is 29.1 Å². The van der Waals surface area contributed by atoms with Crippen molar-refractivity contribution in [1.29, 1.82) is 0 Å². The van der Waals surface area contributed by atoms with Gasteiger partial charge in [-0.1, -0.05) is 51.3 Å². The molecule has 7 heteroatoms. The SMILES string of the molecule is C/C=C/c1cc(Br)cc(Cl)c1-c1nc2cc(Cl)ccn2c1C[C@H]1CNCCO1. The van der Waals surface area contributed by atoms with Crippen molar-refractivity contribution in [3.63, 3.8) is 0 Å². The van der Waals surface area contributed by atoms with Crippen LogP contribution in [0.1, 0.15) is 18.2 Å². The molecular weight excluding hydrogens is 461 g/mol. The van der Waals surface area contributed by atoms with Gasteiger partial charge in [-0.3, -0.25) is 0 Å². The molecule has 0 aliphatic carbocycles. The second-order valence-electron chi connectivity index (χ2n) is 6.73. The molecule has 1 saturated heterocycles. The first-order valence-electron chi connectivity index (χ1n) is 9.17. The van der Waals surface area contributed by atoms with Gasteiger partial charge in [0.15, 0.2) is 0 Å². The zero-order valence-corrected chi connectivity index (χ0v) is 18.5. The van der Waals surface area contributed by atoms with E-state index in [4.69, 9.17) is 32.9 Å². The smallest absolute Gasteiger partial charge is 0.139 e. The van der Waals surface area contributed by atoms with Crippen LogP contribution in [0.5, 0.6) is 0 Å². The van der Waals surface area contributed by atoms with Gasteiger partial charge in [-0.05, 0) is 30.7 Å². The minimum absolute atomic E-state index is 0.0856. The highest BCUT2D eigenvalue weighted by atomic mass is 79.9. The second kappa shape index (κ2) is 8.56. The highest BCUT2D eigenvalue weighted by Crippen LogP contribution is 2.37. The summed E-state index contributed by atoms with van der Waals surface area (Å²) in [6, 6.07) is 7.71. The summed E-state index contributed by atoms with van der Waals surface area (Å²) in [6.07, 6.45) is 6.82. The van der Waals surface area contributed by atoms with Crippen LogP contribution in [0.15, 0.2) is 41.0 Å². The fraction of sp³-hybridized carbons (Fsp3) is 0.286. The molecule has 28 heavy (non-hydrogen) atoms. The zero-order chi connectivity index (χ0) is 19.7. The Morgan fingerprint density at radius 1 is 1.36 bits per heavy atom. The number of nitrogens with one attached hydrogen (secondary N) is 1. The molecule has 2 aromatic heterocycles. The van der Waals surface area contributed by atoms with Crippen LogP contribution in [-0.4, -0.2) is 35.2 Å². The molecule has 3 heterocycles. The Hall–Kier alpha value is -1.37. The molecular formula is C21H20BrCl2N3O. The van der Waals surface area contributed by atoms with Gasteiger partial charge in [-0.2, -0.15) is 0 Å². The lowest BCUT2D eigenvalue weighted by Gasteiger charge is -2.24. The van der Waals surface area contributed by atoms with Gasteiger partial charge in [0.1, 0.15) is 5.65 Å². The molecule has 4 nitrogen and oxygen atoms in total. The number of hydrogen-bond acceptors (Lipinski definition) is 3. The Morgan fingerprint density at radius 2 is 2.21 bits per heavy atom. The molecule has 1 aromatic carbocycles. The third kappa shape index (κ3) is 4.00. The zero-order valence-electron chi connectivity index (χ0n) is 15.4. The first-order chi connectivity index (χ1) is 13.6. The average molecular weight is 481 g/mol. The average Bonchev–Trinajstić information content (AvgIpc) is 2.99. The summed E-state index contributed by atoms with van der Waals surface area (Å²) in [5.41, 5.74) is 4.66. The second-order valence-corrected chi connectivity index (χ2v) is 8.49. The van der Waals surface area contributed by atoms with Crippen molar-refractivity contribution in [1.82, 2.24) is 14.7 Å². The number of imidazole rings is 1. The van der Waals surface area contributed by atoms with E-state index in [1.807, 2.05) is 43.5 Å². The summed E-state index contributed by atoms with van der Waals surface area (Å²) in [7, 11) is 0. The van der Waals surface area contributed by atoms with Gasteiger partial charge in [0.2, 0.25) is 0 Å². The number of allylic oxidation sites excluding steroid dienone is 1. The number of benzene rings is 1. The summed E-state index contributed by atoms with van der Waals surface area (Å²) in [6.45, 7) is 4.40. The summed E-state index contributed by atoms with van der Waals surface area (Å²) in [4.78, 5) is 4.91. The standard InChI is InChI=1S/C21H20BrCl2N3O/c1-2-3-13-8-14(22)9-17(24)20(13)21-18(11-16-12-25-5-7-28-16)27-6-4-15(23)10-19(27)26-21/h2-4,6,8-10,16,25H,5,7,11-12H2,1H3/b3-2+/t16-/m0/s1. The van der Waals surface area contributed by atoms with Crippen molar-refractivity contribution in [2.24, 2.45) is 0 Å². The fourth-order valence-corrected chi connectivity index (χ4v) is 4.66. The molecule has 1 aliphatic heterocycles. The molecule has 0 unspecified atom stereocenters. The first-order valence-corrected chi connectivity index (χ1v) is 10.7. The van der Waals surface area contributed by atoms with E-state index in [1.54, 1.807) is 0 Å². The van der Waals surface area contributed by atoms with Crippen molar-refractivity contribution in [3.05, 3.63) is 62.3 Å². The molecule has 0 amide bonds. The molecule has 0 bridgehead atoms. The Labute approximate surface area is 182 Å². The lowest BCUT2D eigenvalue weighted by molar-refractivity contribution is 0.0286. The molecule has 1 N–H and O–H groups in total. The number of rotatable bonds is 4. The Bertz CT molecular complexity index is 1040. The van der Waals surface area contributed by atoms with Crippen LogP contribution in [0.25, 0.3) is 23.0 Å². The van der Waals surface area contributed by atoms with E-state index in [9.17, 15) is 0 Å². The molecule has 3 aromatic rings. The monoisotopic (exact) mass is 479 g/mol. The normalized spacial score (nSPS) is 17.6. The Morgan fingerprint density at radius 3 is 2.96 bits per heavy atom. The molecule has 0 saturated carbocycles. The van der Waals surface area contributed by atoms with Crippen LogP contribution in [0.4, 0.5) is 0 Å². The molecule has 146 valence electrons. The van der Waals surface area contributed by atoms with Gasteiger partial charge >= 0.3 is 0 Å². The Balaban J connectivity index is 1.92. The first kappa shape index (κ1) is 19.9. The van der Waals surface area contributed by atoms with Gasteiger partial charge in [-0.15, -0.1) is 0 Å². The minimum atomic E-state index is 0.0856. The largest absolute Gasteiger partial charge is 0.375 e. The van der Waals surface area contributed by atoms with Crippen LogP contribution < -0.4 is 5.32 Å². The summed E-state index contributed by atoms with van der Waals surface area (Å²) in [5.74, 6) is 0. The maximum Gasteiger partial charge on any atom is 0.139 e. The number of halogens is 3. The minimum Gasteiger partial charge on any atom is -0.375 e. The number of ether oxygens (including phenoxy) is 1. The van der Waals surface area contributed by atoms with Crippen molar-refractivity contribution in [3.8, 4) is 11.3 Å². The predicted molar refractivity (Wildman–Crippen MR) is 119 cm³/mol. The fourth-order valence-electron chi connectivity index (χ4n) is 3.59. The Kier molecular flexibility index (Phi) is 6.09. The number of aromatic nitrogens is 2. The molecule has 1 aliphatic rings. The van der Waals surface area contributed by atoms with Crippen LogP contribution in [0, 0.1) is 0 Å². The van der Waals surface area contributed by atoms with E-state index in [-0.39, 0.29) is 6.10 Å². The van der Waals surface area contributed by atoms with E-state index < -0.39 is 0 Å². The maximum atomic E-state index is 6.70. The van der Waals surface area contributed by atoms with Crippen molar-refractivity contribution in [2.75, 3.05) is 19.7 Å². The van der Waals surface area contributed by atoms with Gasteiger partial charge < -0.3 is 14.5 Å². The number of pyridine rings is 1. The topological polar surface area (TPSA) is 38.6 Å². The van der Waals surface area contributed by atoms with E-state index in [0.29, 0.717) is 16.7 Å². The highest BCUT2D eigenvalue weighted by molar-refractivity contribution is 9.10. The lowest BCUT2D eigenvalue weighted by Crippen LogP contribution is -2.39. The maximum absolute atomic E-state index is 6.70. The third-order valence-corrected chi connectivity index (χ3v) is 5.77. The summed E-state index contributed by atoms with van der Waals surface area (Å²) in [5, 5.41) is 4.70. The number of nitrogens with zero attached hydrogens (tertiary/aromatic N) is 2. The quantitative estimate of drug-likeness (QED) is 0.525. The van der Waals surface area contributed by atoms with Crippen molar-refractivity contribution >= 4 is 50.9 Å². The number of hydrogen-bond donors (Lipinski definition) is 1. The van der Waals surface area contributed by atoms with Crippen LogP contribution in [-0.2, 0) is 11.2 Å². The predicted octanol–water partition coefficient (Wildman–Crippen LogP) is 5.63. The van der Waals surface area contributed by atoms with E-state index >= 15 is 0 Å². The van der Waals surface area contributed by atoms with Gasteiger partial charge in [0.25, 0.3) is 0 Å². The lowest BCUT2D eigenvalue weighted by atomic mass is 10.00. The van der Waals surface area contributed by atoms with E-state index in [1.165, 1.54) is 0 Å². The molecule has 1 fully saturated rings. The van der Waals surface area contributed by atoms with Crippen LogP contribution >= 0.6 is 39.1 Å². The molecule has 0 spiro atoms. The van der Waals surface area contributed by atoms with Gasteiger partial charge in [0, 0.05) is 46.8 Å². The van der Waals surface area contributed by atoms with Crippen LogP contribution in [0.2, 0.25) is 10.0 Å². The van der Waals surface area contributed by atoms with E-state index in [0.717, 1.165) is 52.1 Å². The van der Waals surface area contributed by atoms with Crippen LogP contribution in [0.3, 0.4) is 0 Å². The number of fused-ring (bicyclic) bond motifs is 1. The van der Waals surface area contributed by atoms with Crippen molar-refractivity contribution in [2.45, 2.75) is 19.4 Å². The van der Waals surface area contributed by atoms with Gasteiger partial charge in [-0.25, -0.2) is 4.98 Å². The van der Waals surface area contributed by atoms with E-state index in [2.05, 4.69) is 31.7 Å². The molecule has 1 atom stereocenters. The highest BCUT2D eigenvalue weighted by Gasteiger charge is 2.23. The summed E-state index contributed by atoms with van der Waals surface area (Å²) < 4.78 is 8.97. The molecule has 0 radical (unpaired) electrons. The molecule has 4 rings (SSSR count). The summed E-state index contributed by atoms with van der Waals surface area (Å²) >= 11 is 16.5. The van der Waals surface area contributed by atoms with Crippen molar-refractivity contribution < 1.29 is 4.74 Å². The number of morpholine rings is 1.